The fourth-order valence-electron chi connectivity index (χ4n) is 3.87. The Hall–Kier alpha value is -3.49. The van der Waals surface area contributed by atoms with Gasteiger partial charge in [-0.2, -0.15) is 17.7 Å². The summed E-state index contributed by atoms with van der Waals surface area (Å²) in [7, 11) is -3.68. The number of aromatic nitrogens is 1. The number of morpholine rings is 1. The van der Waals surface area contributed by atoms with Gasteiger partial charge in [-0.25, -0.2) is 8.42 Å². The first kappa shape index (κ1) is 28.5. The predicted molar refractivity (Wildman–Crippen MR) is 144 cm³/mol. The average molecular weight is 579 g/mol. The van der Waals surface area contributed by atoms with Gasteiger partial charge in [-0.1, -0.05) is 12.2 Å². The Morgan fingerprint density at radius 3 is 2.38 bits per heavy atom. The molecule has 3 aromatic rings. The number of ether oxygens (including phenoxy) is 2. The van der Waals surface area contributed by atoms with Gasteiger partial charge < -0.3 is 25.0 Å². The number of thiocarbonyl (C=S) groups is 1. The Morgan fingerprint density at radius 2 is 1.77 bits per heavy atom. The SMILES string of the molecule is O=S(=O)(c1ccc(NC(=S)/C(=C(\O)c2ccc(OC(F)F)cc2)[n+]2cccc(CO)c2)cc1)N1CCOCC1. The van der Waals surface area contributed by atoms with Crippen LogP contribution in [0.4, 0.5) is 14.5 Å². The zero-order valence-electron chi connectivity index (χ0n) is 20.5. The molecule has 0 radical (unpaired) electrons. The fourth-order valence-corrected chi connectivity index (χ4v) is 5.60. The molecule has 1 aliphatic rings. The smallest absolute Gasteiger partial charge is 0.387 e. The first-order valence-electron chi connectivity index (χ1n) is 11.8. The first-order valence-corrected chi connectivity index (χ1v) is 13.6. The largest absolute Gasteiger partial charge is 0.502 e. The third-order valence-corrected chi connectivity index (χ3v) is 8.02. The molecule has 13 heteroatoms. The van der Waals surface area contributed by atoms with Crippen LogP contribution in [0.3, 0.4) is 0 Å². The number of aliphatic hydroxyl groups is 2. The lowest BCUT2D eigenvalue weighted by molar-refractivity contribution is -0.576. The maximum absolute atomic E-state index is 12.9. The summed E-state index contributed by atoms with van der Waals surface area (Å²) in [4.78, 5) is 0.194. The molecule has 0 aliphatic carbocycles. The summed E-state index contributed by atoms with van der Waals surface area (Å²) in [5, 5.41) is 23.8. The van der Waals surface area contributed by atoms with Gasteiger partial charge in [-0.15, -0.1) is 0 Å². The summed E-state index contributed by atoms with van der Waals surface area (Å²) in [5.41, 5.74) is 1.41. The van der Waals surface area contributed by atoms with Gasteiger partial charge >= 0.3 is 6.61 Å². The van der Waals surface area contributed by atoms with Gasteiger partial charge in [-0.3, -0.25) is 0 Å². The molecule has 0 unspecified atom stereocenters. The Bertz CT molecular complexity index is 1440. The number of hydrogen-bond donors (Lipinski definition) is 3. The third-order valence-electron chi connectivity index (χ3n) is 5.81. The standard InChI is InChI=1S/C26H25F2N3O6S2/c27-26(28)37-21-7-3-19(4-8-21)24(33)23(30-11-1-2-18(16-30)17-32)25(38)29-20-5-9-22(10-6-20)39(34,35)31-12-14-36-15-13-31/h1-11,16,26,32H,12-15,17H2,(H-,29,33,38)/p+1. The highest BCUT2D eigenvalue weighted by Crippen LogP contribution is 2.24. The number of anilines is 1. The van der Waals surface area contributed by atoms with Gasteiger partial charge in [0.1, 0.15) is 5.75 Å². The van der Waals surface area contributed by atoms with E-state index in [1.54, 1.807) is 36.7 Å². The third kappa shape index (κ3) is 6.94. The Kier molecular flexibility index (Phi) is 9.20. The predicted octanol–water partition coefficient (Wildman–Crippen LogP) is 3.41. The van der Waals surface area contributed by atoms with E-state index < -0.39 is 16.6 Å². The van der Waals surface area contributed by atoms with Gasteiger partial charge in [0, 0.05) is 36.0 Å². The summed E-state index contributed by atoms with van der Waals surface area (Å²) in [6.07, 6.45) is 3.19. The molecule has 1 aliphatic heterocycles. The van der Waals surface area contributed by atoms with Crippen molar-refractivity contribution in [2.45, 2.75) is 18.1 Å². The monoisotopic (exact) mass is 578 g/mol. The average Bonchev–Trinajstić information content (AvgIpc) is 2.94. The van der Waals surface area contributed by atoms with Gasteiger partial charge in [0.2, 0.25) is 10.0 Å². The van der Waals surface area contributed by atoms with E-state index in [1.807, 2.05) is 0 Å². The van der Waals surface area contributed by atoms with Crippen molar-refractivity contribution in [3.8, 4) is 5.75 Å². The number of halogens is 2. The van der Waals surface area contributed by atoms with E-state index in [0.717, 1.165) is 0 Å². The molecule has 1 aromatic heterocycles. The van der Waals surface area contributed by atoms with Crippen LogP contribution in [0.1, 0.15) is 11.1 Å². The summed E-state index contributed by atoms with van der Waals surface area (Å²) in [5.74, 6) is -0.353. The van der Waals surface area contributed by atoms with Crippen LogP contribution < -0.4 is 14.6 Å². The van der Waals surface area contributed by atoms with E-state index in [-0.39, 0.29) is 52.3 Å². The second-order valence-electron chi connectivity index (χ2n) is 8.37. The summed E-state index contributed by atoms with van der Waals surface area (Å²) in [6.45, 7) is -2.02. The van der Waals surface area contributed by atoms with Crippen molar-refractivity contribution >= 4 is 44.4 Å². The van der Waals surface area contributed by atoms with Crippen molar-refractivity contribution in [2.24, 2.45) is 0 Å². The van der Waals surface area contributed by atoms with Crippen LogP contribution in [0.25, 0.3) is 11.5 Å². The fraction of sp³-hybridized carbons (Fsp3) is 0.231. The zero-order valence-corrected chi connectivity index (χ0v) is 22.2. The molecular weight excluding hydrogens is 552 g/mol. The summed E-state index contributed by atoms with van der Waals surface area (Å²) < 4.78 is 63.4. The van der Waals surface area contributed by atoms with E-state index in [4.69, 9.17) is 17.0 Å². The number of aliphatic hydroxyl groups excluding tert-OH is 2. The summed E-state index contributed by atoms with van der Waals surface area (Å²) >= 11 is 5.61. The number of nitrogens with one attached hydrogen (secondary N) is 1. The molecule has 4 rings (SSSR count). The van der Waals surface area contributed by atoms with Crippen molar-refractivity contribution in [2.75, 3.05) is 31.6 Å². The van der Waals surface area contributed by atoms with Crippen LogP contribution in [0.5, 0.6) is 5.75 Å². The minimum atomic E-state index is -3.68. The molecule has 0 atom stereocenters. The van der Waals surface area contributed by atoms with Crippen LogP contribution in [0.2, 0.25) is 0 Å². The number of alkyl halides is 2. The highest BCUT2D eigenvalue weighted by atomic mass is 32.2. The van der Waals surface area contributed by atoms with Gasteiger partial charge in [0.15, 0.2) is 23.1 Å². The molecule has 1 saturated heterocycles. The number of benzene rings is 2. The number of rotatable bonds is 9. The van der Waals surface area contributed by atoms with Crippen molar-refractivity contribution in [1.82, 2.24) is 4.31 Å². The van der Waals surface area contributed by atoms with Crippen molar-refractivity contribution in [3.05, 3.63) is 84.2 Å². The van der Waals surface area contributed by atoms with E-state index >= 15 is 0 Å². The topological polar surface area (TPSA) is 112 Å². The van der Waals surface area contributed by atoms with E-state index in [1.165, 1.54) is 45.3 Å². The van der Waals surface area contributed by atoms with Gasteiger partial charge in [0.25, 0.3) is 5.70 Å². The zero-order chi connectivity index (χ0) is 28.0. The molecule has 2 heterocycles. The Labute approximate surface area is 229 Å². The molecule has 206 valence electrons. The van der Waals surface area contributed by atoms with E-state index in [2.05, 4.69) is 10.1 Å². The molecule has 0 bridgehead atoms. The lowest BCUT2D eigenvalue weighted by atomic mass is 10.1. The molecule has 0 amide bonds. The minimum absolute atomic E-state index is 0.0734. The second kappa shape index (κ2) is 12.6. The maximum atomic E-state index is 12.9. The van der Waals surface area contributed by atoms with Crippen molar-refractivity contribution < 1.29 is 41.5 Å². The number of hydrogen-bond acceptors (Lipinski definition) is 7. The molecule has 3 N–H and O–H groups in total. The van der Waals surface area contributed by atoms with E-state index in [0.29, 0.717) is 24.5 Å². The van der Waals surface area contributed by atoms with Crippen molar-refractivity contribution in [3.63, 3.8) is 0 Å². The maximum Gasteiger partial charge on any atom is 0.387 e. The minimum Gasteiger partial charge on any atom is -0.502 e. The lowest BCUT2D eigenvalue weighted by Gasteiger charge is -2.26. The molecule has 39 heavy (non-hydrogen) atoms. The Balaban J connectivity index is 1.64. The molecule has 9 nitrogen and oxygen atoms in total. The van der Waals surface area contributed by atoms with Crippen LogP contribution in [-0.2, 0) is 21.4 Å². The van der Waals surface area contributed by atoms with Crippen LogP contribution in [0.15, 0.2) is 78.0 Å². The number of pyridine rings is 1. The highest BCUT2D eigenvalue weighted by Gasteiger charge is 2.27. The molecule has 2 aromatic carbocycles. The lowest BCUT2D eigenvalue weighted by Crippen LogP contribution is -2.40. The van der Waals surface area contributed by atoms with Crippen LogP contribution in [0, 0.1) is 0 Å². The van der Waals surface area contributed by atoms with Gasteiger partial charge in [0.05, 0.1) is 24.7 Å². The quantitative estimate of drug-likeness (QED) is 0.153. The Morgan fingerprint density at radius 1 is 1.10 bits per heavy atom. The van der Waals surface area contributed by atoms with Crippen LogP contribution in [-0.4, -0.2) is 60.8 Å². The van der Waals surface area contributed by atoms with Crippen LogP contribution >= 0.6 is 12.2 Å². The van der Waals surface area contributed by atoms with E-state index in [9.17, 15) is 27.4 Å². The second-order valence-corrected chi connectivity index (χ2v) is 10.7. The summed E-state index contributed by atoms with van der Waals surface area (Å²) in [6, 6.07) is 14.7. The normalized spacial score (nSPS) is 15.1. The molecule has 1 fully saturated rings. The first-order chi connectivity index (χ1) is 18.7. The number of nitrogens with zero attached hydrogens (tertiary/aromatic N) is 2. The molecular formula is C26H26F2N3O6S2+. The van der Waals surface area contributed by atoms with Crippen molar-refractivity contribution in [1.29, 1.82) is 0 Å². The molecule has 0 saturated carbocycles. The van der Waals surface area contributed by atoms with Gasteiger partial charge in [-0.05, 0) is 54.6 Å². The number of sulfonamides is 1. The highest BCUT2D eigenvalue weighted by molar-refractivity contribution is 7.89. The molecule has 0 spiro atoms.